The third kappa shape index (κ3) is 3.13. The van der Waals surface area contributed by atoms with Gasteiger partial charge in [-0.1, -0.05) is 17.7 Å². The number of hydrogen-bond acceptors (Lipinski definition) is 2. The van der Waals surface area contributed by atoms with E-state index in [1.165, 1.54) is 5.56 Å². The third-order valence-electron chi connectivity index (χ3n) is 3.45. The summed E-state index contributed by atoms with van der Waals surface area (Å²) >= 11 is 0. The van der Waals surface area contributed by atoms with Crippen molar-refractivity contribution in [2.75, 3.05) is 18.4 Å². The molecule has 0 aromatic heterocycles. The van der Waals surface area contributed by atoms with Gasteiger partial charge in [0.05, 0.1) is 6.54 Å². The monoisotopic (exact) mass is 260 g/mol. The SMILES string of the molecule is Cc1cc(C)c(NC(=O)CN2CCCC2=O)c(C)c1. The molecule has 1 aromatic rings. The van der Waals surface area contributed by atoms with Crippen LogP contribution in [0.15, 0.2) is 12.1 Å². The summed E-state index contributed by atoms with van der Waals surface area (Å²) in [6.45, 7) is 6.85. The molecule has 0 atom stereocenters. The van der Waals surface area contributed by atoms with Crippen LogP contribution in [0.2, 0.25) is 0 Å². The minimum atomic E-state index is -0.120. The van der Waals surface area contributed by atoms with Crippen molar-refractivity contribution in [2.24, 2.45) is 0 Å². The molecule has 0 bridgehead atoms. The minimum Gasteiger partial charge on any atom is -0.333 e. The number of nitrogens with one attached hydrogen (secondary N) is 1. The first kappa shape index (κ1) is 13.6. The fraction of sp³-hybridized carbons (Fsp3) is 0.467. The number of rotatable bonds is 3. The molecule has 1 N–H and O–H groups in total. The number of carbonyl (C=O) groups excluding carboxylic acids is 2. The first-order valence-corrected chi connectivity index (χ1v) is 6.63. The average Bonchev–Trinajstić information content (AvgIpc) is 2.69. The van der Waals surface area contributed by atoms with Crippen molar-refractivity contribution in [1.82, 2.24) is 4.90 Å². The van der Waals surface area contributed by atoms with Gasteiger partial charge in [-0.15, -0.1) is 0 Å². The largest absolute Gasteiger partial charge is 0.333 e. The van der Waals surface area contributed by atoms with Gasteiger partial charge in [-0.2, -0.15) is 0 Å². The molecule has 1 heterocycles. The Labute approximate surface area is 113 Å². The molecule has 0 aliphatic carbocycles. The van der Waals surface area contributed by atoms with Gasteiger partial charge in [0.1, 0.15) is 0 Å². The second kappa shape index (κ2) is 5.43. The summed E-state index contributed by atoms with van der Waals surface area (Å²) < 4.78 is 0. The summed E-state index contributed by atoms with van der Waals surface area (Å²) in [7, 11) is 0. The van der Waals surface area contributed by atoms with E-state index >= 15 is 0 Å². The van der Waals surface area contributed by atoms with Gasteiger partial charge in [0.15, 0.2) is 0 Å². The number of likely N-dealkylation sites (tertiary alicyclic amines) is 1. The van der Waals surface area contributed by atoms with Crippen LogP contribution in [0.5, 0.6) is 0 Å². The highest BCUT2D eigenvalue weighted by atomic mass is 16.2. The number of aryl methyl sites for hydroxylation is 3. The predicted octanol–water partition coefficient (Wildman–Crippen LogP) is 2.17. The topological polar surface area (TPSA) is 49.4 Å². The molecule has 1 aliphatic rings. The number of carbonyl (C=O) groups is 2. The number of nitrogens with zero attached hydrogens (tertiary/aromatic N) is 1. The molecule has 0 spiro atoms. The molecule has 2 amide bonds. The molecule has 1 aliphatic heterocycles. The first-order valence-electron chi connectivity index (χ1n) is 6.63. The summed E-state index contributed by atoms with van der Waals surface area (Å²) in [6, 6.07) is 4.09. The second-order valence-corrected chi connectivity index (χ2v) is 5.24. The van der Waals surface area contributed by atoms with Crippen LogP contribution in [0.25, 0.3) is 0 Å². The zero-order valence-electron chi connectivity index (χ0n) is 11.7. The lowest BCUT2D eigenvalue weighted by Crippen LogP contribution is -2.34. The molecule has 4 nitrogen and oxygen atoms in total. The Bertz CT molecular complexity index is 500. The number of hydrogen-bond donors (Lipinski definition) is 1. The van der Waals surface area contributed by atoms with Gasteiger partial charge in [0.2, 0.25) is 11.8 Å². The highest BCUT2D eigenvalue weighted by molar-refractivity contribution is 5.96. The standard InChI is InChI=1S/C15H20N2O2/c1-10-7-11(2)15(12(3)8-10)16-13(18)9-17-6-4-5-14(17)19/h7-8H,4-6,9H2,1-3H3,(H,16,18). The molecule has 1 saturated heterocycles. The van der Waals surface area contributed by atoms with Crippen molar-refractivity contribution in [3.63, 3.8) is 0 Å². The Morgan fingerprint density at radius 3 is 2.42 bits per heavy atom. The maximum absolute atomic E-state index is 12.0. The molecule has 19 heavy (non-hydrogen) atoms. The number of amides is 2. The van der Waals surface area contributed by atoms with E-state index in [0.717, 1.165) is 23.2 Å². The molecule has 1 fully saturated rings. The zero-order chi connectivity index (χ0) is 14.0. The van der Waals surface area contributed by atoms with Gasteiger partial charge in [0.25, 0.3) is 0 Å². The van der Waals surface area contributed by atoms with Crippen LogP contribution in [0.4, 0.5) is 5.69 Å². The summed E-state index contributed by atoms with van der Waals surface area (Å²) in [6.07, 6.45) is 1.42. The van der Waals surface area contributed by atoms with Gasteiger partial charge in [-0.25, -0.2) is 0 Å². The lowest BCUT2D eigenvalue weighted by Gasteiger charge is -2.17. The molecule has 1 aromatic carbocycles. The van der Waals surface area contributed by atoms with Crippen molar-refractivity contribution in [2.45, 2.75) is 33.6 Å². The van der Waals surface area contributed by atoms with Crippen molar-refractivity contribution >= 4 is 17.5 Å². The van der Waals surface area contributed by atoms with Crippen LogP contribution in [0.1, 0.15) is 29.5 Å². The van der Waals surface area contributed by atoms with E-state index in [2.05, 4.69) is 5.32 Å². The predicted molar refractivity (Wildman–Crippen MR) is 75.1 cm³/mol. The highest BCUT2D eigenvalue weighted by Gasteiger charge is 2.22. The van der Waals surface area contributed by atoms with E-state index in [4.69, 9.17) is 0 Å². The Kier molecular flexibility index (Phi) is 3.88. The van der Waals surface area contributed by atoms with Gasteiger partial charge in [-0.05, 0) is 38.3 Å². The fourth-order valence-corrected chi connectivity index (χ4v) is 2.60. The third-order valence-corrected chi connectivity index (χ3v) is 3.45. The van der Waals surface area contributed by atoms with E-state index in [-0.39, 0.29) is 18.4 Å². The van der Waals surface area contributed by atoms with E-state index in [0.29, 0.717) is 13.0 Å². The maximum atomic E-state index is 12.0. The molecule has 2 rings (SSSR count). The summed E-state index contributed by atoms with van der Waals surface area (Å²) in [5, 5.41) is 2.92. The molecule has 0 radical (unpaired) electrons. The molecule has 0 unspecified atom stereocenters. The molecule has 4 heteroatoms. The van der Waals surface area contributed by atoms with Gasteiger partial charge in [-0.3, -0.25) is 9.59 Å². The molecule has 0 saturated carbocycles. The average molecular weight is 260 g/mol. The van der Waals surface area contributed by atoms with Crippen molar-refractivity contribution in [3.8, 4) is 0 Å². The van der Waals surface area contributed by atoms with Crippen LogP contribution in [0, 0.1) is 20.8 Å². The van der Waals surface area contributed by atoms with Gasteiger partial charge in [0, 0.05) is 18.7 Å². The van der Waals surface area contributed by atoms with Crippen molar-refractivity contribution in [3.05, 3.63) is 28.8 Å². The smallest absolute Gasteiger partial charge is 0.244 e. The van der Waals surface area contributed by atoms with Crippen LogP contribution in [-0.4, -0.2) is 29.8 Å². The van der Waals surface area contributed by atoms with Gasteiger partial charge >= 0.3 is 0 Å². The summed E-state index contributed by atoms with van der Waals surface area (Å²) in [5.41, 5.74) is 4.15. The lowest BCUT2D eigenvalue weighted by atomic mass is 10.1. The molecule has 102 valence electrons. The first-order chi connectivity index (χ1) is 8.97. The second-order valence-electron chi connectivity index (χ2n) is 5.24. The van der Waals surface area contributed by atoms with Crippen LogP contribution < -0.4 is 5.32 Å². The van der Waals surface area contributed by atoms with Crippen molar-refractivity contribution < 1.29 is 9.59 Å². The Hall–Kier alpha value is -1.84. The highest BCUT2D eigenvalue weighted by Crippen LogP contribution is 2.22. The maximum Gasteiger partial charge on any atom is 0.244 e. The lowest BCUT2D eigenvalue weighted by molar-refractivity contribution is -0.131. The van der Waals surface area contributed by atoms with E-state index in [1.54, 1.807) is 4.90 Å². The fourth-order valence-electron chi connectivity index (χ4n) is 2.60. The summed E-state index contributed by atoms with van der Waals surface area (Å²) in [4.78, 5) is 25.1. The summed E-state index contributed by atoms with van der Waals surface area (Å²) in [5.74, 6) is -0.0437. The number of anilines is 1. The Morgan fingerprint density at radius 2 is 1.89 bits per heavy atom. The van der Waals surface area contributed by atoms with E-state index in [9.17, 15) is 9.59 Å². The minimum absolute atomic E-state index is 0.0764. The normalized spacial score (nSPS) is 14.9. The number of benzene rings is 1. The molecular formula is C15H20N2O2. The Balaban J connectivity index is 2.05. The Morgan fingerprint density at radius 1 is 1.26 bits per heavy atom. The quantitative estimate of drug-likeness (QED) is 0.905. The van der Waals surface area contributed by atoms with Crippen LogP contribution >= 0.6 is 0 Å². The van der Waals surface area contributed by atoms with Gasteiger partial charge < -0.3 is 10.2 Å². The van der Waals surface area contributed by atoms with Crippen molar-refractivity contribution in [1.29, 1.82) is 0 Å². The van der Waals surface area contributed by atoms with Crippen LogP contribution in [0.3, 0.4) is 0 Å². The molecular weight excluding hydrogens is 240 g/mol. The van der Waals surface area contributed by atoms with Crippen LogP contribution in [-0.2, 0) is 9.59 Å². The van der Waals surface area contributed by atoms with E-state index < -0.39 is 0 Å². The van der Waals surface area contributed by atoms with E-state index in [1.807, 2.05) is 32.9 Å². The zero-order valence-corrected chi connectivity index (χ0v) is 11.7.